The van der Waals surface area contributed by atoms with Crippen LogP contribution in [0, 0.1) is 25.7 Å². The van der Waals surface area contributed by atoms with E-state index in [0.29, 0.717) is 18.7 Å². The number of hydrogen-bond acceptors (Lipinski definition) is 5. The van der Waals surface area contributed by atoms with Crippen molar-refractivity contribution < 1.29 is 19.5 Å². The van der Waals surface area contributed by atoms with Crippen molar-refractivity contribution in [2.24, 2.45) is 11.8 Å². The van der Waals surface area contributed by atoms with E-state index < -0.39 is 28.7 Å². The highest BCUT2D eigenvalue weighted by Crippen LogP contribution is 2.68. The molecule has 2 aromatic rings. The molecule has 0 saturated carbocycles. The molecule has 0 radical (unpaired) electrons. The van der Waals surface area contributed by atoms with E-state index in [2.05, 4.69) is 26.6 Å². The van der Waals surface area contributed by atoms with E-state index in [1.54, 1.807) is 18.7 Å². The Morgan fingerprint density at radius 1 is 1.19 bits per heavy atom. The van der Waals surface area contributed by atoms with Crippen LogP contribution in [-0.4, -0.2) is 61.2 Å². The van der Waals surface area contributed by atoms with Gasteiger partial charge in [-0.25, -0.2) is 0 Å². The highest BCUT2D eigenvalue weighted by molar-refractivity contribution is 9.09. The van der Waals surface area contributed by atoms with Crippen LogP contribution >= 0.6 is 27.7 Å². The molecule has 9 heteroatoms. The number of aliphatic hydroxyl groups excluding tert-OH is 1. The minimum atomic E-state index is -0.797. The van der Waals surface area contributed by atoms with Gasteiger partial charge in [-0.05, 0) is 49.9 Å². The van der Waals surface area contributed by atoms with Crippen LogP contribution in [0.5, 0.6) is 0 Å². The zero-order valence-corrected chi connectivity index (χ0v) is 23.5. The number of amides is 3. The Balaban J connectivity index is 1.48. The van der Waals surface area contributed by atoms with E-state index in [4.69, 9.17) is 0 Å². The van der Waals surface area contributed by atoms with Gasteiger partial charge in [0, 0.05) is 22.3 Å². The Morgan fingerprint density at radius 2 is 1.92 bits per heavy atom. The molecule has 7 atom stereocenters. The first-order valence-electron chi connectivity index (χ1n) is 12.6. The smallest absolute Gasteiger partial charge is 0.248 e. The monoisotopic (exact) mass is 585 g/mol. The molecule has 196 valence electrons. The third-order valence-corrected chi connectivity index (χ3v) is 11.2. The number of hydrogen-bond donors (Lipinski definition) is 3. The standard InChI is InChI=1S/C28H32BrN3O4S/c1-15-9-10-16(2)20(11-15)31-26(35)24-28-12-19(29)23(37-28)21(22(28)27(36)32(24)17(3)14-33)25(34)30-13-18-7-5-4-6-8-18/h4-11,17,19,21-24,33H,12-14H2,1-3H3,(H,30,34)(H,31,35)/t17-,19?,21+,22+,23+,24?,28?/m1/s1. The van der Waals surface area contributed by atoms with E-state index in [-0.39, 0.29) is 34.4 Å². The van der Waals surface area contributed by atoms with Gasteiger partial charge < -0.3 is 20.6 Å². The van der Waals surface area contributed by atoms with Crippen molar-refractivity contribution in [1.82, 2.24) is 10.2 Å². The van der Waals surface area contributed by atoms with Crippen LogP contribution in [0.2, 0.25) is 0 Å². The van der Waals surface area contributed by atoms with Gasteiger partial charge in [-0.3, -0.25) is 14.4 Å². The number of nitrogens with zero attached hydrogens (tertiary/aromatic N) is 1. The average molecular weight is 587 g/mol. The molecule has 3 saturated heterocycles. The Hall–Kier alpha value is -2.36. The third-order valence-electron chi connectivity index (χ3n) is 7.98. The first kappa shape index (κ1) is 26.3. The molecule has 3 N–H and O–H groups in total. The largest absolute Gasteiger partial charge is 0.394 e. The summed E-state index contributed by atoms with van der Waals surface area (Å²) in [5.41, 5.74) is 3.64. The van der Waals surface area contributed by atoms with Crippen molar-refractivity contribution in [3.63, 3.8) is 0 Å². The lowest BCUT2D eigenvalue weighted by molar-refractivity contribution is -0.141. The summed E-state index contributed by atoms with van der Waals surface area (Å²) in [7, 11) is 0. The molecule has 2 bridgehead atoms. The molecule has 0 aromatic heterocycles. The zero-order valence-electron chi connectivity index (χ0n) is 21.1. The number of thioether (sulfide) groups is 1. The first-order valence-corrected chi connectivity index (χ1v) is 14.4. The Kier molecular flexibility index (Phi) is 7.15. The van der Waals surface area contributed by atoms with E-state index in [9.17, 15) is 19.5 Å². The normalized spacial score (nSPS) is 30.8. The summed E-state index contributed by atoms with van der Waals surface area (Å²) in [4.78, 5) is 43.0. The molecule has 5 rings (SSSR count). The number of carbonyl (C=O) groups is 3. The van der Waals surface area contributed by atoms with Crippen LogP contribution < -0.4 is 10.6 Å². The maximum absolute atomic E-state index is 14.0. The average Bonchev–Trinajstić information content (AvgIpc) is 3.48. The summed E-state index contributed by atoms with van der Waals surface area (Å²) < 4.78 is -0.754. The zero-order chi connectivity index (χ0) is 26.5. The highest BCUT2D eigenvalue weighted by Gasteiger charge is 2.76. The predicted octanol–water partition coefficient (Wildman–Crippen LogP) is 3.40. The highest BCUT2D eigenvalue weighted by atomic mass is 79.9. The van der Waals surface area contributed by atoms with Gasteiger partial charge in [0.1, 0.15) is 6.04 Å². The van der Waals surface area contributed by atoms with Crippen molar-refractivity contribution in [2.75, 3.05) is 11.9 Å². The Labute approximate surface area is 229 Å². The lowest BCUT2D eigenvalue weighted by Crippen LogP contribution is -2.55. The minimum absolute atomic E-state index is 0.00517. The number of aliphatic hydroxyl groups is 1. The second-order valence-electron chi connectivity index (χ2n) is 10.5. The van der Waals surface area contributed by atoms with Gasteiger partial charge in [0.2, 0.25) is 17.7 Å². The SMILES string of the molecule is Cc1ccc(C)c(NC(=O)C2N([C@H](C)CO)C(=O)[C@@H]3[C@H](C(=O)NCc4ccccc4)[C@H]4SC23CC4Br)c1. The second-order valence-corrected chi connectivity index (χ2v) is 13.2. The number of carbonyl (C=O) groups excluding carboxylic acids is 3. The fraction of sp³-hybridized carbons (Fsp3) is 0.464. The maximum atomic E-state index is 14.0. The van der Waals surface area contributed by atoms with Crippen LogP contribution in [0.4, 0.5) is 5.69 Å². The Bertz CT molecular complexity index is 1230. The van der Waals surface area contributed by atoms with Crippen molar-refractivity contribution in [3.05, 3.63) is 65.2 Å². The summed E-state index contributed by atoms with van der Waals surface area (Å²) in [5.74, 6) is -1.86. The summed E-state index contributed by atoms with van der Waals surface area (Å²) in [6, 6.07) is 14.2. The molecule has 3 heterocycles. The minimum Gasteiger partial charge on any atom is -0.394 e. The number of alkyl halides is 1. The summed E-state index contributed by atoms with van der Waals surface area (Å²) in [6.07, 6.45) is 0.598. The Morgan fingerprint density at radius 3 is 2.62 bits per heavy atom. The summed E-state index contributed by atoms with van der Waals surface area (Å²) >= 11 is 5.37. The molecule has 3 aliphatic rings. The number of fused-ring (bicyclic) bond motifs is 1. The molecule has 2 aromatic carbocycles. The lowest BCUT2D eigenvalue weighted by Gasteiger charge is -2.36. The lowest BCUT2D eigenvalue weighted by atomic mass is 9.70. The van der Waals surface area contributed by atoms with Crippen molar-refractivity contribution >= 4 is 51.1 Å². The molecule has 3 fully saturated rings. The molecule has 3 unspecified atom stereocenters. The van der Waals surface area contributed by atoms with E-state index in [1.165, 1.54) is 4.90 Å². The maximum Gasteiger partial charge on any atom is 0.248 e. The fourth-order valence-electron chi connectivity index (χ4n) is 6.20. The van der Waals surface area contributed by atoms with E-state index in [1.807, 2.05) is 62.4 Å². The molecule has 37 heavy (non-hydrogen) atoms. The van der Waals surface area contributed by atoms with Crippen LogP contribution in [-0.2, 0) is 20.9 Å². The van der Waals surface area contributed by atoms with Crippen LogP contribution in [0.3, 0.4) is 0 Å². The van der Waals surface area contributed by atoms with Gasteiger partial charge in [-0.1, -0.05) is 58.4 Å². The molecule has 0 aliphatic carbocycles. The number of halogens is 1. The van der Waals surface area contributed by atoms with Gasteiger partial charge >= 0.3 is 0 Å². The fourth-order valence-corrected chi connectivity index (χ4v) is 9.80. The molecule has 7 nitrogen and oxygen atoms in total. The number of benzene rings is 2. The first-order chi connectivity index (χ1) is 17.7. The number of rotatable bonds is 7. The van der Waals surface area contributed by atoms with Crippen LogP contribution in [0.25, 0.3) is 0 Å². The van der Waals surface area contributed by atoms with E-state index in [0.717, 1.165) is 16.7 Å². The second kappa shape index (κ2) is 10.1. The van der Waals surface area contributed by atoms with Crippen molar-refractivity contribution in [3.8, 4) is 0 Å². The van der Waals surface area contributed by atoms with Crippen molar-refractivity contribution in [2.45, 2.75) is 60.6 Å². The third kappa shape index (κ3) is 4.38. The number of likely N-dealkylation sites (tertiary alicyclic amines) is 1. The molecule has 3 amide bonds. The van der Waals surface area contributed by atoms with Gasteiger partial charge in [-0.15, -0.1) is 11.8 Å². The number of anilines is 1. The van der Waals surface area contributed by atoms with Gasteiger partial charge in [0.05, 0.1) is 29.2 Å². The van der Waals surface area contributed by atoms with Crippen molar-refractivity contribution in [1.29, 1.82) is 0 Å². The molecule has 3 aliphatic heterocycles. The number of nitrogens with one attached hydrogen (secondary N) is 2. The van der Waals surface area contributed by atoms with Gasteiger partial charge in [0.25, 0.3) is 0 Å². The van der Waals surface area contributed by atoms with E-state index >= 15 is 0 Å². The molecular formula is C28H32BrN3O4S. The molecular weight excluding hydrogens is 554 g/mol. The summed E-state index contributed by atoms with van der Waals surface area (Å²) in [5, 5.41) is 16.0. The van der Waals surface area contributed by atoms with Gasteiger partial charge in [0.15, 0.2) is 0 Å². The predicted molar refractivity (Wildman–Crippen MR) is 148 cm³/mol. The quantitative estimate of drug-likeness (QED) is 0.433. The topological polar surface area (TPSA) is 98.7 Å². The van der Waals surface area contributed by atoms with Crippen LogP contribution in [0.1, 0.15) is 30.0 Å². The molecule has 1 spiro atoms. The van der Waals surface area contributed by atoms with Crippen LogP contribution in [0.15, 0.2) is 48.5 Å². The number of aryl methyl sites for hydroxylation is 2. The van der Waals surface area contributed by atoms with Gasteiger partial charge in [-0.2, -0.15) is 0 Å². The summed E-state index contributed by atoms with van der Waals surface area (Å²) in [6.45, 7) is 5.76.